The van der Waals surface area contributed by atoms with E-state index in [0.29, 0.717) is 23.0 Å². The Labute approximate surface area is 115 Å². The van der Waals surface area contributed by atoms with Gasteiger partial charge in [0.1, 0.15) is 12.1 Å². The van der Waals surface area contributed by atoms with Crippen LogP contribution >= 0.6 is 0 Å². The molecule has 0 saturated heterocycles. The summed E-state index contributed by atoms with van der Waals surface area (Å²) in [5.41, 5.74) is 6.23. The van der Waals surface area contributed by atoms with Gasteiger partial charge in [0, 0.05) is 6.20 Å². The van der Waals surface area contributed by atoms with E-state index < -0.39 is 0 Å². The van der Waals surface area contributed by atoms with Gasteiger partial charge < -0.3 is 10.5 Å². The Morgan fingerprint density at radius 2 is 1.75 bits per heavy atom. The van der Waals surface area contributed by atoms with Crippen molar-refractivity contribution in [1.82, 2.24) is 19.9 Å². The Morgan fingerprint density at radius 1 is 0.900 bits per heavy atom. The summed E-state index contributed by atoms with van der Waals surface area (Å²) >= 11 is 0. The second kappa shape index (κ2) is 5.31. The first kappa shape index (κ1) is 12.0. The summed E-state index contributed by atoms with van der Waals surface area (Å²) in [5.74, 6) is 1.69. The third-order valence-corrected chi connectivity index (χ3v) is 2.56. The predicted octanol–water partition coefficient (Wildman–Crippen LogP) is 2.31. The number of rotatable bonds is 3. The minimum absolute atomic E-state index is 0.157. The third kappa shape index (κ3) is 2.54. The van der Waals surface area contributed by atoms with E-state index in [0.717, 1.165) is 0 Å². The van der Waals surface area contributed by atoms with Gasteiger partial charge in [-0.05, 0) is 24.3 Å². The molecule has 0 radical (unpaired) electrons. The van der Waals surface area contributed by atoms with Crippen LogP contribution in [0.3, 0.4) is 0 Å². The van der Waals surface area contributed by atoms with E-state index in [-0.39, 0.29) is 5.95 Å². The van der Waals surface area contributed by atoms with Gasteiger partial charge in [0.2, 0.25) is 11.8 Å². The van der Waals surface area contributed by atoms with Crippen LogP contribution in [0.15, 0.2) is 55.0 Å². The molecule has 0 unspecified atom stereocenters. The van der Waals surface area contributed by atoms with Crippen molar-refractivity contribution in [3.8, 4) is 23.0 Å². The van der Waals surface area contributed by atoms with E-state index in [9.17, 15) is 0 Å². The highest BCUT2D eigenvalue weighted by molar-refractivity contribution is 5.62. The summed E-state index contributed by atoms with van der Waals surface area (Å²) in [7, 11) is 0. The zero-order chi connectivity index (χ0) is 13.8. The van der Waals surface area contributed by atoms with Gasteiger partial charge in [0.15, 0.2) is 5.82 Å². The average molecular weight is 265 g/mol. The summed E-state index contributed by atoms with van der Waals surface area (Å²) in [4.78, 5) is 16.2. The molecule has 20 heavy (non-hydrogen) atoms. The lowest BCUT2D eigenvalue weighted by Crippen LogP contribution is -2.00. The fourth-order valence-corrected chi connectivity index (χ4v) is 1.68. The van der Waals surface area contributed by atoms with Crippen LogP contribution in [-0.4, -0.2) is 19.9 Å². The van der Waals surface area contributed by atoms with Gasteiger partial charge in [-0.25, -0.2) is 15.0 Å². The van der Waals surface area contributed by atoms with Crippen LogP contribution in [0.25, 0.3) is 11.4 Å². The first-order valence-electron chi connectivity index (χ1n) is 5.96. The lowest BCUT2D eigenvalue weighted by molar-refractivity contribution is 0.464. The fourth-order valence-electron chi connectivity index (χ4n) is 1.68. The van der Waals surface area contributed by atoms with Crippen molar-refractivity contribution in [3.05, 3.63) is 55.0 Å². The molecule has 3 rings (SSSR count). The lowest BCUT2D eigenvalue weighted by atomic mass is 10.2. The van der Waals surface area contributed by atoms with Crippen molar-refractivity contribution in [2.24, 2.45) is 0 Å². The molecule has 1 aromatic carbocycles. The third-order valence-electron chi connectivity index (χ3n) is 2.56. The lowest BCUT2D eigenvalue weighted by Gasteiger charge is -2.08. The monoisotopic (exact) mass is 265 g/mol. The van der Waals surface area contributed by atoms with Crippen LogP contribution in [-0.2, 0) is 0 Å². The van der Waals surface area contributed by atoms with Crippen molar-refractivity contribution in [3.63, 3.8) is 0 Å². The van der Waals surface area contributed by atoms with E-state index in [2.05, 4.69) is 19.9 Å². The molecule has 2 N–H and O–H groups in total. The predicted molar refractivity (Wildman–Crippen MR) is 74.0 cm³/mol. The Morgan fingerprint density at radius 3 is 2.55 bits per heavy atom. The van der Waals surface area contributed by atoms with Crippen LogP contribution in [0.5, 0.6) is 11.6 Å². The summed E-state index contributed by atoms with van der Waals surface area (Å²) in [6.45, 7) is 0. The Bertz CT molecular complexity index is 718. The Kier molecular flexibility index (Phi) is 3.20. The number of pyridine rings is 1. The quantitative estimate of drug-likeness (QED) is 0.782. The number of ether oxygens (including phenoxy) is 1. The highest BCUT2D eigenvalue weighted by Gasteiger charge is 2.11. The number of anilines is 1. The molecule has 98 valence electrons. The van der Waals surface area contributed by atoms with Crippen LogP contribution < -0.4 is 10.5 Å². The van der Waals surface area contributed by atoms with Crippen molar-refractivity contribution in [2.75, 3.05) is 5.73 Å². The maximum absolute atomic E-state index is 5.75. The number of hydrogen-bond donors (Lipinski definition) is 1. The van der Waals surface area contributed by atoms with Crippen LogP contribution in [0.2, 0.25) is 0 Å². The molecule has 0 aliphatic heterocycles. The van der Waals surface area contributed by atoms with Gasteiger partial charge in [-0.15, -0.1) is 0 Å². The van der Waals surface area contributed by atoms with Crippen LogP contribution in [0.1, 0.15) is 0 Å². The Balaban J connectivity index is 2.00. The van der Waals surface area contributed by atoms with Gasteiger partial charge in [-0.3, -0.25) is 0 Å². The van der Waals surface area contributed by atoms with Crippen LogP contribution in [0, 0.1) is 0 Å². The molecule has 0 bridgehead atoms. The first-order valence-corrected chi connectivity index (χ1v) is 5.96. The second-order valence-electron chi connectivity index (χ2n) is 3.94. The summed E-state index contributed by atoms with van der Waals surface area (Å²) < 4.78 is 5.75. The number of nitrogens with zero attached hydrogens (tertiary/aromatic N) is 4. The number of hydrogen-bond acceptors (Lipinski definition) is 6. The van der Waals surface area contributed by atoms with Crippen molar-refractivity contribution in [2.45, 2.75) is 0 Å². The highest BCUT2D eigenvalue weighted by Crippen LogP contribution is 2.28. The molecule has 0 amide bonds. The van der Waals surface area contributed by atoms with Gasteiger partial charge in [0.05, 0.1) is 5.56 Å². The van der Waals surface area contributed by atoms with Gasteiger partial charge in [-0.1, -0.05) is 18.2 Å². The normalized spacial score (nSPS) is 10.2. The largest absolute Gasteiger partial charge is 0.438 e. The summed E-state index contributed by atoms with van der Waals surface area (Å²) in [6.07, 6.45) is 3.00. The standard InChI is InChI=1S/C14H11N5O/c15-14-18-9-17-12(19-14)11-7-4-8-16-13(11)20-10-5-2-1-3-6-10/h1-9H,(H2,15,17,18,19). The van der Waals surface area contributed by atoms with E-state index in [1.807, 2.05) is 36.4 Å². The van der Waals surface area contributed by atoms with Gasteiger partial charge >= 0.3 is 0 Å². The van der Waals surface area contributed by atoms with Crippen molar-refractivity contribution < 1.29 is 4.74 Å². The summed E-state index contributed by atoms with van der Waals surface area (Å²) in [6, 6.07) is 13.0. The molecule has 0 aliphatic carbocycles. The number of nitrogens with two attached hydrogens (primary N) is 1. The Hall–Kier alpha value is -3.02. The van der Waals surface area contributed by atoms with Gasteiger partial charge in [-0.2, -0.15) is 4.98 Å². The zero-order valence-electron chi connectivity index (χ0n) is 10.5. The maximum Gasteiger partial charge on any atom is 0.230 e. The molecule has 0 spiro atoms. The maximum atomic E-state index is 5.75. The molecular formula is C14H11N5O. The molecule has 0 fully saturated rings. The molecule has 0 atom stereocenters. The molecule has 0 aliphatic rings. The van der Waals surface area contributed by atoms with Gasteiger partial charge in [0.25, 0.3) is 0 Å². The minimum Gasteiger partial charge on any atom is -0.438 e. The van der Waals surface area contributed by atoms with E-state index in [1.165, 1.54) is 6.33 Å². The molecular weight excluding hydrogens is 254 g/mol. The molecule has 2 aromatic heterocycles. The topological polar surface area (TPSA) is 86.8 Å². The van der Waals surface area contributed by atoms with Crippen molar-refractivity contribution in [1.29, 1.82) is 0 Å². The second-order valence-corrected chi connectivity index (χ2v) is 3.94. The average Bonchev–Trinajstić information content (AvgIpc) is 2.49. The molecule has 2 heterocycles. The smallest absolute Gasteiger partial charge is 0.230 e. The fraction of sp³-hybridized carbons (Fsp3) is 0. The van der Waals surface area contributed by atoms with E-state index >= 15 is 0 Å². The number of para-hydroxylation sites is 1. The van der Waals surface area contributed by atoms with E-state index in [1.54, 1.807) is 12.3 Å². The first-order chi connectivity index (χ1) is 9.83. The number of nitrogen functional groups attached to an aromatic ring is 1. The highest BCUT2D eigenvalue weighted by atomic mass is 16.5. The van der Waals surface area contributed by atoms with E-state index in [4.69, 9.17) is 10.5 Å². The van der Waals surface area contributed by atoms with Crippen molar-refractivity contribution >= 4 is 5.95 Å². The molecule has 0 saturated carbocycles. The van der Waals surface area contributed by atoms with Crippen LogP contribution in [0.4, 0.5) is 5.95 Å². The zero-order valence-corrected chi connectivity index (χ0v) is 10.5. The molecule has 6 nitrogen and oxygen atoms in total. The molecule has 6 heteroatoms. The molecule has 3 aromatic rings. The SMILES string of the molecule is Nc1ncnc(-c2cccnc2Oc2ccccc2)n1. The number of aromatic nitrogens is 4. The minimum atomic E-state index is 0.157. The summed E-state index contributed by atoms with van der Waals surface area (Å²) in [5, 5.41) is 0. The number of benzene rings is 1.